The number of ether oxygens (including phenoxy) is 3. The van der Waals surface area contributed by atoms with E-state index in [1.807, 2.05) is 44.2 Å². The Bertz CT molecular complexity index is 1290. The van der Waals surface area contributed by atoms with Crippen molar-refractivity contribution in [3.63, 3.8) is 0 Å². The number of fused-ring (bicyclic) bond motifs is 4. The molecule has 0 bridgehead atoms. The molecule has 0 saturated heterocycles. The molecule has 1 spiro atoms. The first-order chi connectivity index (χ1) is 15.4. The van der Waals surface area contributed by atoms with Gasteiger partial charge in [0.15, 0.2) is 5.54 Å². The second kappa shape index (κ2) is 7.32. The Morgan fingerprint density at radius 2 is 1.97 bits per heavy atom. The summed E-state index contributed by atoms with van der Waals surface area (Å²) in [5.41, 5.74) is 8.70. The average Bonchev–Trinajstić information content (AvgIpc) is 3.21. The van der Waals surface area contributed by atoms with E-state index in [2.05, 4.69) is 27.0 Å². The first-order valence-electron chi connectivity index (χ1n) is 10.1. The molecule has 2 N–H and O–H groups in total. The average molecular weight is 427 g/mol. The van der Waals surface area contributed by atoms with E-state index in [0.717, 1.165) is 27.8 Å². The Kier molecular flexibility index (Phi) is 4.57. The molecule has 2 aliphatic heterocycles. The van der Waals surface area contributed by atoms with Crippen molar-refractivity contribution in [1.82, 2.24) is 15.2 Å². The van der Waals surface area contributed by atoms with Crippen molar-refractivity contribution in [3.05, 3.63) is 65.6 Å². The lowest BCUT2D eigenvalue weighted by Gasteiger charge is -2.33. The second-order valence-electron chi connectivity index (χ2n) is 8.08. The largest absolute Gasteiger partial charge is 0.462 e. The van der Waals surface area contributed by atoms with Gasteiger partial charge in [0.1, 0.15) is 18.0 Å². The number of amidine groups is 1. The highest BCUT2D eigenvalue weighted by Gasteiger charge is 2.47. The molecule has 5 rings (SSSR count). The van der Waals surface area contributed by atoms with Crippen LogP contribution in [-0.4, -0.2) is 40.5 Å². The first-order valence-corrected chi connectivity index (χ1v) is 10.1. The Balaban J connectivity index is 1.66. The Labute approximate surface area is 185 Å². The fraction of sp³-hybridized carbons (Fsp3) is 0.250. The molecule has 2 aliphatic rings. The van der Waals surface area contributed by atoms with E-state index in [-0.39, 0.29) is 12.6 Å². The van der Waals surface area contributed by atoms with Crippen LogP contribution >= 0.6 is 0 Å². The standard InChI is InChI=1S/C24H21N5O3/c1-23(2,30-3)8-6-15-10-19-21(26-12-15)32-20-5-4-16(17-7-9-27-28-13-17)11-18(20)24(19)14-31-22(25)29-24/h4-5,7,9-13H,14H2,1-3H3,(H2,25,29)/t24-/m1/s1. The van der Waals surface area contributed by atoms with E-state index in [9.17, 15) is 0 Å². The molecule has 0 amide bonds. The van der Waals surface area contributed by atoms with Crippen LogP contribution in [0.25, 0.3) is 11.1 Å². The number of aliphatic imine (C=N–C) groups is 1. The quantitative estimate of drug-likeness (QED) is 0.627. The Morgan fingerprint density at radius 1 is 1.09 bits per heavy atom. The van der Waals surface area contributed by atoms with Crippen LogP contribution in [0.15, 0.2) is 53.9 Å². The smallest absolute Gasteiger partial charge is 0.283 e. The Morgan fingerprint density at radius 3 is 2.69 bits per heavy atom. The molecule has 0 fully saturated rings. The van der Waals surface area contributed by atoms with E-state index in [1.165, 1.54) is 0 Å². The van der Waals surface area contributed by atoms with Crippen molar-refractivity contribution in [1.29, 1.82) is 0 Å². The predicted octanol–water partition coefficient (Wildman–Crippen LogP) is 3.01. The Hall–Kier alpha value is -3.96. The van der Waals surface area contributed by atoms with Gasteiger partial charge in [0.05, 0.1) is 18.0 Å². The van der Waals surface area contributed by atoms with Crippen molar-refractivity contribution in [2.75, 3.05) is 13.7 Å². The summed E-state index contributed by atoms with van der Waals surface area (Å²) in [5, 5.41) is 7.84. The minimum atomic E-state index is -0.884. The molecule has 8 nitrogen and oxygen atoms in total. The van der Waals surface area contributed by atoms with E-state index < -0.39 is 11.1 Å². The van der Waals surface area contributed by atoms with Crippen LogP contribution < -0.4 is 10.5 Å². The SMILES string of the molecule is COC(C)(C)C#Cc1cnc2c(c1)[C@@]1(COC(N)=N1)c1cc(-c3ccnnc3)ccc1O2. The van der Waals surface area contributed by atoms with Crippen molar-refractivity contribution in [2.45, 2.75) is 25.0 Å². The molecule has 4 heterocycles. The highest BCUT2D eigenvalue weighted by molar-refractivity contribution is 5.77. The van der Waals surface area contributed by atoms with Gasteiger partial charge in [0.25, 0.3) is 6.02 Å². The van der Waals surface area contributed by atoms with Crippen LogP contribution in [0.3, 0.4) is 0 Å². The minimum absolute atomic E-state index is 0.122. The molecule has 32 heavy (non-hydrogen) atoms. The summed E-state index contributed by atoms with van der Waals surface area (Å²) in [6, 6.07) is 9.83. The van der Waals surface area contributed by atoms with Gasteiger partial charge in [-0.25, -0.2) is 9.98 Å². The van der Waals surface area contributed by atoms with Gasteiger partial charge in [-0.05, 0) is 43.7 Å². The van der Waals surface area contributed by atoms with Crippen molar-refractivity contribution >= 4 is 6.02 Å². The number of nitrogens with two attached hydrogens (primary N) is 1. The lowest BCUT2D eigenvalue weighted by Crippen LogP contribution is -2.31. The third-order valence-corrected chi connectivity index (χ3v) is 5.59. The molecule has 0 saturated carbocycles. The zero-order valence-corrected chi connectivity index (χ0v) is 17.9. The fourth-order valence-corrected chi connectivity index (χ4v) is 3.71. The maximum atomic E-state index is 6.13. The topological polar surface area (TPSA) is 105 Å². The first kappa shape index (κ1) is 20.0. The van der Waals surface area contributed by atoms with E-state index in [1.54, 1.807) is 25.7 Å². The molecular weight excluding hydrogens is 406 g/mol. The molecule has 2 aromatic heterocycles. The van der Waals surface area contributed by atoms with E-state index in [4.69, 9.17) is 24.9 Å². The number of hydrogen-bond acceptors (Lipinski definition) is 8. The summed E-state index contributed by atoms with van der Waals surface area (Å²) in [7, 11) is 1.63. The normalized spacial score (nSPS) is 18.5. The number of pyridine rings is 1. The number of methoxy groups -OCH3 is 1. The van der Waals surface area contributed by atoms with Gasteiger partial charge in [-0.1, -0.05) is 17.9 Å². The van der Waals surface area contributed by atoms with Crippen LogP contribution in [0.2, 0.25) is 0 Å². The maximum Gasteiger partial charge on any atom is 0.283 e. The van der Waals surface area contributed by atoms with E-state index in [0.29, 0.717) is 11.6 Å². The number of rotatable bonds is 2. The monoisotopic (exact) mass is 427 g/mol. The fourth-order valence-electron chi connectivity index (χ4n) is 3.71. The summed E-state index contributed by atoms with van der Waals surface area (Å²) in [6.07, 6.45) is 5.04. The maximum absolute atomic E-state index is 6.13. The van der Waals surface area contributed by atoms with Gasteiger partial charge in [0.2, 0.25) is 5.88 Å². The molecule has 3 aromatic rings. The third kappa shape index (κ3) is 3.33. The lowest BCUT2D eigenvalue weighted by molar-refractivity contribution is 0.0742. The van der Waals surface area contributed by atoms with Crippen molar-refractivity contribution < 1.29 is 14.2 Å². The zero-order chi connectivity index (χ0) is 22.3. The minimum Gasteiger partial charge on any atom is -0.462 e. The zero-order valence-electron chi connectivity index (χ0n) is 17.9. The third-order valence-electron chi connectivity index (χ3n) is 5.59. The van der Waals surface area contributed by atoms with Crippen LogP contribution in [-0.2, 0) is 15.0 Å². The molecule has 160 valence electrons. The van der Waals surface area contributed by atoms with Crippen molar-refractivity contribution in [2.24, 2.45) is 10.7 Å². The molecule has 1 aromatic carbocycles. The highest BCUT2D eigenvalue weighted by Crippen LogP contribution is 2.51. The van der Waals surface area contributed by atoms with Crippen LogP contribution in [0.5, 0.6) is 11.6 Å². The van der Waals surface area contributed by atoms with Gasteiger partial charge < -0.3 is 19.9 Å². The van der Waals surface area contributed by atoms with Crippen molar-refractivity contribution in [3.8, 4) is 34.6 Å². The second-order valence-corrected chi connectivity index (χ2v) is 8.08. The van der Waals surface area contributed by atoms with Crippen LogP contribution in [0.4, 0.5) is 0 Å². The number of aromatic nitrogens is 3. The number of hydrogen-bond donors (Lipinski definition) is 1. The summed E-state index contributed by atoms with van der Waals surface area (Å²) in [4.78, 5) is 9.23. The summed E-state index contributed by atoms with van der Waals surface area (Å²) >= 11 is 0. The summed E-state index contributed by atoms with van der Waals surface area (Å²) in [6.45, 7) is 4.04. The number of benzene rings is 1. The molecule has 0 unspecified atom stereocenters. The lowest BCUT2D eigenvalue weighted by atomic mass is 9.81. The van der Waals surface area contributed by atoms with Gasteiger partial charge in [-0.15, -0.1) is 0 Å². The molecule has 8 heteroatoms. The molecular formula is C24H21N5O3. The summed E-state index contributed by atoms with van der Waals surface area (Å²) in [5.74, 6) is 7.35. The molecule has 1 atom stereocenters. The molecule has 0 radical (unpaired) electrons. The number of nitrogens with zero attached hydrogens (tertiary/aromatic N) is 4. The predicted molar refractivity (Wildman–Crippen MR) is 118 cm³/mol. The van der Waals surface area contributed by atoms with Gasteiger partial charge in [-0.2, -0.15) is 10.2 Å². The van der Waals surface area contributed by atoms with E-state index >= 15 is 0 Å². The van der Waals surface area contributed by atoms with Gasteiger partial charge in [-0.3, -0.25) is 0 Å². The van der Waals surface area contributed by atoms with Gasteiger partial charge in [0, 0.05) is 30.0 Å². The highest BCUT2D eigenvalue weighted by atomic mass is 16.5. The summed E-state index contributed by atoms with van der Waals surface area (Å²) < 4.78 is 17.2. The van der Waals surface area contributed by atoms with Crippen LogP contribution in [0, 0.1) is 11.8 Å². The van der Waals surface area contributed by atoms with Crippen LogP contribution in [0.1, 0.15) is 30.5 Å². The molecule has 0 aliphatic carbocycles. The van der Waals surface area contributed by atoms with Gasteiger partial charge >= 0.3 is 0 Å².